The van der Waals surface area contributed by atoms with Crippen molar-refractivity contribution in [3.05, 3.63) is 0 Å². The number of unbranched alkanes of at least 4 members (excludes halogenated alkanes) is 1. The van der Waals surface area contributed by atoms with E-state index >= 15 is 0 Å². The number of hydrogen-bond acceptors (Lipinski definition) is 2. The van der Waals surface area contributed by atoms with Gasteiger partial charge in [0.15, 0.2) is 0 Å². The Morgan fingerprint density at radius 1 is 1.13 bits per heavy atom. The Bertz CT molecular complexity index is 215. The largest absolute Gasteiger partial charge is 0.465 e. The van der Waals surface area contributed by atoms with E-state index in [-0.39, 0.29) is 6.54 Å². The van der Waals surface area contributed by atoms with Gasteiger partial charge >= 0.3 is 12.1 Å². The van der Waals surface area contributed by atoms with Crippen LogP contribution in [0.25, 0.3) is 0 Å². The number of carboxylic acid groups (broad SMARTS) is 1. The van der Waals surface area contributed by atoms with Crippen molar-refractivity contribution in [1.29, 1.82) is 0 Å². The quantitative estimate of drug-likeness (QED) is 0.766. The predicted octanol–water partition coefficient (Wildman–Crippen LogP) is 2.23. The molecule has 0 unspecified atom stereocenters. The molecule has 0 fully saturated rings. The minimum absolute atomic E-state index is 0.279. The smallest absolute Gasteiger partial charge is 0.415 e. The van der Waals surface area contributed by atoms with Gasteiger partial charge in [-0.05, 0) is 20.3 Å². The van der Waals surface area contributed by atoms with Gasteiger partial charge in [0.25, 0.3) is 0 Å². The zero-order chi connectivity index (χ0) is 11.8. The first-order valence-corrected chi connectivity index (χ1v) is 5.37. The molecule has 0 aromatic heterocycles. The first-order chi connectivity index (χ1) is 7.08. The number of hydrogen-bond donors (Lipinski definition) is 1. The van der Waals surface area contributed by atoms with Crippen LogP contribution < -0.4 is 0 Å². The number of carbonyl (C=O) groups excluding carboxylic acids is 1. The zero-order valence-corrected chi connectivity index (χ0v) is 9.69. The fourth-order valence-corrected chi connectivity index (χ4v) is 1.25. The molecule has 0 aliphatic heterocycles. The summed E-state index contributed by atoms with van der Waals surface area (Å²) in [7, 11) is 0. The van der Waals surface area contributed by atoms with Crippen LogP contribution in [-0.4, -0.2) is 46.7 Å². The molecule has 1 N–H and O–H groups in total. The van der Waals surface area contributed by atoms with E-state index in [1.165, 1.54) is 4.90 Å². The van der Waals surface area contributed by atoms with Gasteiger partial charge in [0.2, 0.25) is 0 Å². The van der Waals surface area contributed by atoms with E-state index < -0.39 is 12.1 Å². The van der Waals surface area contributed by atoms with Gasteiger partial charge in [-0.2, -0.15) is 0 Å². The number of urea groups is 1. The summed E-state index contributed by atoms with van der Waals surface area (Å²) >= 11 is 0. The van der Waals surface area contributed by atoms with Gasteiger partial charge in [0.1, 0.15) is 0 Å². The van der Waals surface area contributed by atoms with Gasteiger partial charge in [-0.3, -0.25) is 0 Å². The van der Waals surface area contributed by atoms with Crippen molar-refractivity contribution in [2.45, 2.75) is 33.6 Å². The molecule has 0 aliphatic rings. The summed E-state index contributed by atoms with van der Waals surface area (Å²) in [5.41, 5.74) is 0. The SMILES string of the molecule is CCCCN(C(=O)O)C(=O)N(CC)CC. The Labute approximate surface area is 90.7 Å². The standard InChI is InChI=1S/C10H20N2O3/c1-4-7-8-12(10(14)15)9(13)11(5-2)6-3/h4-8H2,1-3H3,(H,14,15). The van der Waals surface area contributed by atoms with E-state index in [1.807, 2.05) is 20.8 Å². The van der Waals surface area contributed by atoms with Gasteiger partial charge in [-0.15, -0.1) is 0 Å². The van der Waals surface area contributed by atoms with E-state index in [0.717, 1.165) is 11.3 Å². The number of amides is 3. The van der Waals surface area contributed by atoms with Crippen molar-refractivity contribution in [2.24, 2.45) is 0 Å². The normalized spacial score (nSPS) is 9.80. The molecule has 0 rings (SSSR count). The summed E-state index contributed by atoms with van der Waals surface area (Å²) in [4.78, 5) is 25.0. The summed E-state index contributed by atoms with van der Waals surface area (Å²) in [5, 5.41) is 8.89. The molecule has 0 aromatic carbocycles. The number of carbonyl (C=O) groups is 2. The summed E-state index contributed by atoms with van der Waals surface area (Å²) in [5.74, 6) is 0. The zero-order valence-electron chi connectivity index (χ0n) is 9.69. The Morgan fingerprint density at radius 3 is 2.00 bits per heavy atom. The van der Waals surface area contributed by atoms with Crippen LogP contribution in [0.3, 0.4) is 0 Å². The molecule has 3 amide bonds. The van der Waals surface area contributed by atoms with Crippen LogP contribution in [0.1, 0.15) is 33.6 Å². The lowest BCUT2D eigenvalue weighted by Crippen LogP contribution is -2.46. The lowest BCUT2D eigenvalue weighted by atomic mass is 10.3. The second-order valence-electron chi connectivity index (χ2n) is 3.24. The monoisotopic (exact) mass is 216 g/mol. The average Bonchev–Trinajstić information content (AvgIpc) is 2.19. The van der Waals surface area contributed by atoms with Gasteiger partial charge in [-0.25, -0.2) is 14.5 Å². The van der Waals surface area contributed by atoms with E-state index in [4.69, 9.17) is 5.11 Å². The molecule has 0 aromatic rings. The Hall–Kier alpha value is -1.26. The lowest BCUT2D eigenvalue weighted by molar-refractivity contribution is 0.129. The van der Waals surface area contributed by atoms with Crippen molar-refractivity contribution in [3.63, 3.8) is 0 Å². The highest BCUT2D eigenvalue weighted by Gasteiger charge is 2.23. The highest BCUT2D eigenvalue weighted by molar-refractivity contribution is 5.89. The van der Waals surface area contributed by atoms with E-state index in [1.54, 1.807) is 0 Å². The number of nitrogens with zero attached hydrogens (tertiary/aromatic N) is 2. The van der Waals surface area contributed by atoms with Crippen LogP contribution in [0.15, 0.2) is 0 Å². The molecule has 0 aliphatic carbocycles. The second kappa shape index (κ2) is 7.09. The Balaban J connectivity index is 4.46. The van der Waals surface area contributed by atoms with Crippen LogP contribution in [0.2, 0.25) is 0 Å². The van der Waals surface area contributed by atoms with Gasteiger partial charge < -0.3 is 10.0 Å². The maximum atomic E-state index is 11.7. The summed E-state index contributed by atoms with van der Waals surface area (Å²) in [6, 6.07) is -0.416. The molecular formula is C10H20N2O3. The highest BCUT2D eigenvalue weighted by atomic mass is 16.4. The van der Waals surface area contributed by atoms with E-state index in [9.17, 15) is 9.59 Å². The molecule has 88 valence electrons. The van der Waals surface area contributed by atoms with Crippen molar-refractivity contribution >= 4 is 12.1 Å². The number of imide groups is 1. The summed E-state index contributed by atoms with van der Waals surface area (Å²) in [6.07, 6.45) is 0.412. The molecule has 5 nitrogen and oxygen atoms in total. The third kappa shape index (κ3) is 4.18. The van der Waals surface area contributed by atoms with Gasteiger partial charge in [0, 0.05) is 19.6 Å². The van der Waals surface area contributed by atoms with Crippen LogP contribution in [-0.2, 0) is 0 Å². The minimum atomic E-state index is -1.17. The minimum Gasteiger partial charge on any atom is -0.465 e. The molecule has 0 atom stereocenters. The van der Waals surface area contributed by atoms with Crippen molar-refractivity contribution in [3.8, 4) is 0 Å². The highest BCUT2D eigenvalue weighted by Crippen LogP contribution is 2.02. The van der Waals surface area contributed by atoms with Crippen LogP contribution in [0.4, 0.5) is 9.59 Å². The molecule has 0 saturated carbocycles. The fraction of sp³-hybridized carbons (Fsp3) is 0.800. The molecule has 0 bridgehead atoms. The molecule has 0 spiro atoms. The molecule has 15 heavy (non-hydrogen) atoms. The first-order valence-electron chi connectivity index (χ1n) is 5.37. The van der Waals surface area contributed by atoms with Gasteiger partial charge in [0.05, 0.1) is 0 Å². The third-order valence-electron chi connectivity index (χ3n) is 2.23. The van der Waals surface area contributed by atoms with Crippen molar-refractivity contribution in [1.82, 2.24) is 9.80 Å². The Kier molecular flexibility index (Phi) is 6.49. The summed E-state index contributed by atoms with van der Waals surface area (Å²) in [6.45, 7) is 6.97. The molecule has 0 radical (unpaired) electrons. The average molecular weight is 216 g/mol. The topological polar surface area (TPSA) is 60.9 Å². The molecule has 0 saturated heterocycles. The lowest BCUT2D eigenvalue weighted by Gasteiger charge is -2.25. The summed E-state index contributed by atoms with van der Waals surface area (Å²) < 4.78 is 0. The van der Waals surface area contributed by atoms with Crippen LogP contribution in [0.5, 0.6) is 0 Å². The first kappa shape index (κ1) is 13.7. The van der Waals surface area contributed by atoms with E-state index in [2.05, 4.69) is 0 Å². The third-order valence-corrected chi connectivity index (χ3v) is 2.23. The number of rotatable bonds is 5. The van der Waals surface area contributed by atoms with Crippen molar-refractivity contribution < 1.29 is 14.7 Å². The molecule has 0 heterocycles. The maximum absolute atomic E-state index is 11.7. The van der Waals surface area contributed by atoms with E-state index in [0.29, 0.717) is 19.5 Å². The van der Waals surface area contributed by atoms with Crippen LogP contribution in [0, 0.1) is 0 Å². The molecular weight excluding hydrogens is 196 g/mol. The second-order valence-corrected chi connectivity index (χ2v) is 3.24. The van der Waals surface area contributed by atoms with Crippen LogP contribution >= 0.6 is 0 Å². The van der Waals surface area contributed by atoms with Gasteiger partial charge in [-0.1, -0.05) is 13.3 Å². The molecule has 5 heteroatoms. The Morgan fingerprint density at radius 2 is 1.67 bits per heavy atom. The fourth-order valence-electron chi connectivity index (χ4n) is 1.25. The van der Waals surface area contributed by atoms with Crippen molar-refractivity contribution in [2.75, 3.05) is 19.6 Å². The predicted molar refractivity (Wildman–Crippen MR) is 58.0 cm³/mol. The maximum Gasteiger partial charge on any atom is 0.415 e.